The average Bonchev–Trinajstić information content (AvgIpc) is 2.92. The van der Waals surface area contributed by atoms with Crippen LogP contribution in [0.25, 0.3) is 10.8 Å². The summed E-state index contributed by atoms with van der Waals surface area (Å²) in [6.45, 7) is 0. The fourth-order valence-corrected chi connectivity index (χ4v) is 4.75. The van der Waals surface area contributed by atoms with Crippen molar-refractivity contribution >= 4 is 44.3 Å². The Morgan fingerprint density at radius 1 is 0.868 bits per heavy atom. The standard InChI is InChI=1S/C28H28N4O5S/c1-32(24-14-16-25(37-2)17-15-24)27(33)26(18-20-8-4-3-5-9-20)29-28(34)31-38(35,36)30-23-13-12-21-10-6-7-11-22(21)19-23/h3-17,19,26,30H,18H2,1-2H3,(H2,29,31,34). The zero-order valence-electron chi connectivity index (χ0n) is 20.9. The highest BCUT2D eigenvalue weighted by Crippen LogP contribution is 2.21. The van der Waals surface area contributed by atoms with Crippen molar-refractivity contribution in [1.82, 2.24) is 10.0 Å². The lowest BCUT2D eigenvalue weighted by Crippen LogP contribution is -2.53. The summed E-state index contributed by atoms with van der Waals surface area (Å²) in [6, 6.07) is 26.5. The van der Waals surface area contributed by atoms with E-state index in [0.29, 0.717) is 17.1 Å². The van der Waals surface area contributed by atoms with Crippen molar-refractivity contribution in [2.75, 3.05) is 23.8 Å². The fourth-order valence-electron chi connectivity index (χ4n) is 3.96. The molecule has 3 N–H and O–H groups in total. The topological polar surface area (TPSA) is 117 Å². The molecule has 0 radical (unpaired) electrons. The van der Waals surface area contributed by atoms with Gasteiger partial charge in [-0.05, 0) is 52.7 Å². The number of anilines is 2. The molecule has 0 aliphatic rings. The molecule has 1 unspecified atom stereocenters. The second-order valence-corrected chi connectivity index (χ2v) is 10.00. The van der Waals surface area contributed by atoms with Crippen LogP contribution < -0.4 is 24.4 Å². The zero-order valence-corrected chi connectivity index (χ0v) is 21.7. The number of urea groups is 1. The molecule has 0 aliphatic heterocycles. The quantitative estimate of drug-likeness (QED) is 0.300. The zero-order chi connectivity index (χ0) is 27.1. The first-order valence-corrected chi connectivity index (χ1v) is 13.3. The van der Waals surface area contributed by atoms with Gasteiger partial charge in [0.25, 0.3) is 0 Å². The maximum Gasteiger partial charge on any atom is 0.330 e. The van der Waals surface area contributed by atoms with Crippen LogP contribution in [-0.2, 0) is 21.4 Å². The molecule has 3 amide bonds. The number of methoxy groups -OCH3 is 1. The van der Waals surface area contributed by atoms with Gasteiger partial charge in [0, 0.05) is 19.2 Å². The number of nitrogens with zero attached hydrogens (tertiary/aromatic N) is 1. The molecule has 0 heterocycles. The van der Waals surface area contributed by atoms with Gasteiger partial charge in [0.15, 0.2) is 0 Å². The maximum atomic E-state index is 13.4. The van der Waals surface area contributed by atoms with E-state index >= 15 is 0 Å². The lowest BCUT2D eigenvalue weighted by molar-refractivity contribution is -0.120. The van der Waals surface area contributed by atoms with E-state index in [4.69, 9.17) is 4.74 Å². The molecule has 1 atom stereocenters. The second-order valence-electron chi connectivity index (χ2n) is 8.58. The highest BCUT2D eigenvalue weighted by Gasteiger charge is 2.27. The Balaban J connectivity index is 1.48. The minimum Gasteiger partial charge on any atom is -0.497 e. The summed E-state index contributed by atoms with van der Waals surface area (Å²) >= 11 is 0. The molecule has 0 saturated heterocycles. The van der Waals surface area contributed by atoms with Crippen molar-refractivity contribution in [3.8, 4) is 5.75 Å². The average molecular weight is 533 g/mol. The first-order valence-electron chi connectivity index (χ1n) is 11.8. The Hall–Kier alpha value is -4.57. The molecule has 0 bridgehead atoms. The Morgan fingerprint density at radius 3 is 2.21 bits per heavy atom. The van der Waals surface area contributed by atoms with E-state index in [1.807, 2.05) is 59.3 Å². The fraction of sp³-hybridized carbons (Fsp3) is 0.143. The number of benzene rings is 4. The molecule has 0 saturated carbocycles. The lowest BCUT2D eigenvalue weighted by atomic mass is 10.0. The third-order valence-corrected chi connectivity index (χ3v) is 6.86. The van der Waals surface area contributed by atoms with Crippen molar-refractivity contribution < 1.29 is 22.7 Å². The van der Waals surface area contributed by atoms with Crippen molar-refractivity contribution in [1.29, 1.82) is 0 Å². The number of carbonyl (C=O) groups is 2. The number of carbonyl (C=O) groups excluding carboxylic acids is 2. The van der Waals surface area contributed by atoms with Crippen molar-refractivity contribution in [2.45, 2.75) is 12.5 Å². The molecule has 4 aromatic carbocycles. The van der Waals surface area contributed by atoms with E-state index in [1.165, 1.54) is 4.90 Å². The van der Waals surface area contributed by atoms with Crippen molar-refractivity contribution in [2.24, 2.45) is 0 Å². The Labute approximate surface area is 221 Å². The molecule has 196 valence electrons. The molecular formula is C28H28N4O5S. The number of nitrogens with one attached hydrogen (secondary N) is 3. The van der Waals surface area contributed by atoms with Gasteiger partial charge in [-0.25, -0.2) is 9.52 Å². The van der Waals surface area contributed by atoms with E-state index in [9.17, 15) is 18.0 Å². The van der Waals surface area contributed by atoms with Gasteiger partial charge >= 0.3 is 16.2 Å². The molecule has 0 fully saturated rings. The first-order chi connectivity index (χ1) is 18.2. The Kier molecular flexibility index (Phi) is 8.12. The third-order valence-electron chi connectivity index (χ3n) is 5.91. The van der Waals surface area contributed by atoms with Crippen LogP contribution in [0.2, 0.25) is 0 Å². The number of likely N-dealkylation sites (N-methyl/N-ethyl adjacent to an activating group) is 1. The van der Waals surface area contributed by atoms with E-state index in [-0.39, 0.29) is 6.42 Å². The number of fused-ring (bicyclic) bond motifs is 1. The molecule has 0 spiro atoms. The minimum atomic E-state index is -4.28. The van der Waals surface area contributed by atoms with E-state index in [2.05, 4.69) is 10.0 Å². The molecule has 9 nitrogen and oxygen atoms in total. The summed E-state index contributed by atoms with van der Waals surface area (Å²) in [7, 11) is -1.15. The third kappa shape index (κ3) is 6.80. The van der Waals surface area contributed by atoms with Crippen LogP contribution in [0.5, 0.6) is 5.75 Å². The predicted molar refractivity (Wildman–Crippen MR) is 148 cm³/mol. The van der Waals surface area contributed by atoms with Gasteiger partial charge < -0.3 is 15.0 Å². The minimum absolute atomic E-state index is 0.158. The van der Waals surface area contributed by atoms with Gasteiger partial charge in [-0.3, -0.25) is 9.52 Å². The number of hydrogen-bond acceptors (Lipinski definition) is 5. The van der Waals surface area contributed by atoms with Crippen LogP contribution in [0.3, 0.4) is 0 Å². The number of rotatable bonds is 9. The molecule has 0 aliphatic carbocycles. The van der Waals surface area contributed by atoms with Crippen molar-refractivity contribution in [3.05, 3.63) is 103 Å². The van der Waals surface area contributed by atoms with Crippen LogP contribution in [0.15, 0.2) is 97.1 Å². The molecule has 0 aromatic heterocycles. The van der Waals surface area contributed by atoms with Gasteiger partial charge in [-0.15, -0.1) is 0 Å². The molecular weight excluding hydrogens is 504 g/mol. The summed E-state index contributed by atoms with van der Waals surface area (Å²) in [5, 5.41) is 4.31. The smallest absolute Gasteiger partial charge is 0.330 e. The van der Waals surface area contributed by atoms with E-state index in [1.54, 1.807) is 56.6 Å². The van der Waals surface area contributed by atoms with E-state index in [0.717, 1.165) is 16.3 Å². The van der Waals surface area contributed by atoms with Crippen LogP contribution in [0.1, 0.15) is 5.56 Å². The monoisotopic (exact) mass is 532 g/mol. The van der Waals surface area contributed by atoms with Crippen LogP contribution >= 0.6 is 0 Å². The second kappa shape index (κ2) is 11.7. The molecule has 4 rings (SSSR count). The van der Waals surface area contributed by atoms with Crippen LogP contribution in [0.4, 0.5) is 16.2 Å². The Bertz CT molecular complexity index is 1530. The van der Waals surface area contributed by atoms with Gasteiger partial charge in [0.1, 0.15) is 11.8 Å². The summed E-state index contributed by atoms with van der Waals surface area (Å²) in [5.74, 6) is 0.214. The summed E-state index contributed by atoms with van der Waals surface area (Å²) in [5.41, 5.74) is 1.67. The van der Waals surface area contributed by atoms with E-state index < -0.39 is 28.2 Å². The Morgan fingerprint density at radius 2 is 1.53 bits per heavy atom. The van der Waals surface area contributed by atoms with Crippen molar-refractivity contribution in [3.63, 3.8) is 0 Å². The summed E-state index contributed by atoms with van der Waals surface area (Å²) in [6.07, 6.45) is 0.158. The van der Waals surface area contributed by atoms with Gasteiger partial charge in [-0.2, -0.15) is 8.42 Å². The highest BCUT2D eigenvalue weighted by atomic mass is 32.2. The number of amides is 3. The summed E-state index contributed by atoms with van der Waals surface area (Å²) in [4.78, 5) is 27.6. The summed E-state index contributed by atoms with van der Waals surface area (Å²) < 4.78 is 34.8. The number of ether oxygens (including phenoxy) is 1. The first kappa shape index (κ1) is 26.5. The largest absolute Gasteiger partial charge is 0.497 e. The highest BCUT2D eigenvalue weighted by molar-refractivity contribution is 7.91. The molecule has 10 heteroatoms. The van der Waals surface area contributed by atoms with Gasteiger partial charge in [0.05, 0.1) is 12.8 Å². The van der Waals surface area contributed by atoms with Gasteiger partial charge in [0.2, 0.25) is 5.91 Å². The molecule has 4 aromatic rings. The predicted octanol–water partition coefficient (Wildman–Crippen LogP) is 4.08. The number of hydrogen-bond donors (Lipinski definition) is 3. The lowest BCUT2D eigenvalue weighted by Gasteiger charge is -2.25. The molecule has 38 heavy (non-hydrogen) atoms. The maximum absolute atomic E-state index is 13.4. The SMILES string of the molecule is COc1ccc(N(C)C(=O)C(Cc2ccccc2)NC(=O)NS(=O)(=O)Nc2ccc3ccccc3c2)cc1. The van der Waals surface area contributed by atoms with Crippen LogP contribution in [0, 0.1) is 0 Å². The normalized spacial score (nSPS) is 11.8. The van der Waals surface area contributed by atoms with Crippen LogP contribution in [-0.4, -0.2) is 40.6 Å². The van der Waals surface area contributed by atoms with Gasteiger partial charge in [-0.1, -0.05) is 60.7 Å².